The smallest absolute Gasteiger partial charge is 0.121 e. The van der Waals surface area contributed by atoms with Crippen LogP contribution < -0.4 is 0 Å². The third kappa shape index (κ3) is 2.73. The largest absolute Gasteiger partial charge is 0.507 e. The Balaban J connectivity index is 2.36. The van der Waals surface area contributed by atoms with Gasteiger partial charge in [-0.05, 0) is 67.5 Å². The lowest BCUT2D eigenvalue weighted by Crippen LogP contribution is -1.93. The van der Waals surface area contributed by atoms with Crippen LogP contribution in [0.5, 0.6) is 11.5 Å². The van der Waals surface area contributed by atoms with Gasteiger partial charge >= 0.3 is 0 Å². The average Bonchev–Trinajstić information content (AvgIpc) is 2.33. The molecule has 0 bridgehead atoms. The highest BCUT2D eigenvalue weighted by Crippen LogP contribution is 2.27. The summed E-state index contributed by atoms with van der Waals surface area (Å²) in [4.78, 5) is 0. The van der Waals surface area contributed by atoms with Gasteiger partial charge in [-0.2, -0.15) is 0 Å². The van der Waals surface area contributed by atoms with E-state index in [2.05, 4.69) is 0 Å². The summed E-state index contributed by atoms with van der Waals surface area (Å²) in [5.74, 6) is 0.753. The summed E-state index contributed by atoms with van der Waals surface area (Å²) < 4.78 is 0. The van der Waals surface area contributed by atoms with E-state index < -0.39 is 0 Å². The molecule has 19 heavy (non-hydrogen) atoms. The highest BCUT2D eigenvalue weighted by Gasteiger charge is 2.07. The molecule has 0 saturated heterocycles. The summed E-state index contributed by atoms with van der Waals surface area (Å²) in [6, 6.07) is 8.05. The molecule has 2 aromatic carbocycles. The van der Waals surface area contributed by atoms with E-state index in [1.165, 1.54) is 11.1 Å². The van der Waals surface area contributed by atoms with Gasteiger partial charge in [0.05, 0.1) is 0 Å². The van der Waals surface area contributed by atoms with Crippen molar-refractivity contribution in [3.8, 4) is 11.5 Å². The molecule has 0 unspecified atom stereocenters. The van der Waals surface area contributed by atoms with Crippen LogP contribution in [0.1, 0.15) is 33.4 Å². The first-order valence-electron chi connectivity index (χ1n) is 6.46. The normalized spacial score (nSPS) is 10.7. The molecule has 0 aliphatic heterocycles. The molecule has 2 aromatic rings. The predicted octanol–water partition coefficient (Wildman–Crippen LogP) is 3.92. The number of phenolic OH excluding ortho intramolecular Hbond substituents is 2. The van der Waals surface area contributed by atoms with Crippen molar-refractivity contribution in [1.82, 2.24) is 0 Å². The molecule has 0 aromatic heterocycles. The number of hydrogen-bond acceptors (Lipinski definition) is 2. The molecule has 0 amide bonds. The van der Waals surface area contributed by atoms with Crippen molar-refractivity contribution >= 4 is 0 Å². The summed E-state index contributed by atoms with van der Waals surface area (Å²) in [7, 11) is 0. The topological polar surface area (TPSA) is 40.5 Å². The van der Waals surface area contributed by atoms with Crippen molar-refractivity contribution in [3.05, 3.63) is 57.6 Å². The van der Waals surface area contributed by atoms with E-state index in [0.717, 1.165) is 28.7 Å². The lowest BCUT2D eigenvalue weighted by atomic mass is 10.7. The molecule has 2 heteroatoms. The van der Waals surface area contributed by atoms with Gasteiger partial charge in [0, 0.05) is 0 Å². The molecular formula is C17H20O2. The maximum absolute atomic E-state index is 9.79. The zero-order valence-corrected chi connectivity index (χ0v) is 11.9. The monoisotopic (exact) mass is 268 g/mol. The van der Waals surface area contributed by atoms with Gasteiger partial charge in [0.1, 0.15) is 11.5 Å². The lowest BCUT2D eigenvalue weighted by molar-refractivity contribution is 0.466. The zero-order valence-electron chi connectivity index (χ0n) is 11.9. The maximum Gasteiger partial charge on any atom is 0.121 e. The first-order chi connectivity index (χ1) is 8.88. The molecule has 0 aliphatic rings. The van der Waals surface area contributed by atoms with Crippen LogP contribution in [0.2, 0.25) is 0 Å². The van der Waals surface area contributed by atoms with Gasteiger partial charge in [0.25, 0.3) is 0 Å². The number of aryl methyl sites for hydroxylation is 4. The fraction of sp³-hybridized carbons (Fsp3) is 0.294. The fourth-order valence-corrected chi connectivity index (χ4v) is 2.53. The molecule has 0 aliphatic carbocycles. The van der Waals surface area contributed by atoms with E-state index >= 15 is 0 Å². The van der Waals surface area contributed by atoms with Gasteiger partial charge in [-0.3, -0.25) is 0 Å². The van der Waals surface area contributed by atoms with Crippen LogP contribution in [0.15, 0.2) is 24.3 Å². The summed E-state index contributed by atoms with van der Waals surface area (Å²) in [5.41, 5.74) is 5.98. The Bertz CT molecular complexity index is 526. The molecule has 0 spiro atoms. The Hall–Kier alpha value is -1.96. The Morgan fingerprint density at radius 1 is 0.632 bits per heavy atom. The van der Waals surface area contributed by atoms with Gasteiger partial charge in [-0.15, -0.1) is 0 Å². The Kier molecular flexibility index (Phi) is 3.52. The molecule has 2 nitrogen and oxygen atoms in total. The molecule has 0 atom stereocenters. The fourth-order valence-electron chi connectivity index (χ4n) is 2.53. The van der Waals surface area contributed by atoms with E-state index in [4.69, 9.17) is 0 Å². The summed E-state index contributed by atoms with van der Waals surface area (Å²) in [6.45, 7) is 7.66. The minimum atomic E-state index is 0.377. The van der Waals surface area contributed by atoms with E-state index in [0.29, 0.717) is 11.5 Å². The third-order valence-electron chi connectivity index (χ3n) is 3.51. The van der Waals surface area contributed by atoms with E-state index in [9.17, 15) is 10.2 Å². The molecule has 0 saturated carbocycles. The lowest BCUT2D eigenvalue weighted by Gasteiger charge is -2.10. The Morgan fingerprint density at radius 3 is 1.16 bits per heavy atom. The maximum atomic E-state index is 9.79. The number of rotatable bonds is 2. The average molecular weight is 268 g/mol. The number of aromatic hydroxyl groups is 2. The van der Waals surface area contributed by atoms with Crippen molar-refractivity contribution < 1.29 is 10.2 Å². The van der Waals surface area contributed by atoms with Gasteiger partial charge in [0.15, 0.2) is 0 Å². The highest BCUT2D eigenvalue weighted by molar-refractivity contribution is 5.46. The molecule has 0 fully saturated rings. The minimum Gasteiger partial charge on any atom is -0.507 e. The molecule has 0 radical (unpaired) electrons. The van der Waals surface area contributed by atoms with E-state index in [-0.39, 0.29) is 0 Å². The number of benzene rings is 2. The van der Waals surface area contributed by atoms with Crippen LogP contribution in [0, 0.1) is 27.7 Å². The SMILES string of the molecule is C[13c]1[13cH][13c](C[13c]2[13cH][13c](C)[13c](O)[13c](C)[13cH]2)[13cH][13c](C)[13c]1O. The van der Waals surface area contributed by atoms with E-state index in [1.54, 1.807) is 0 Å². The van der Waals surface area contributed by atoms with Crippen molar-refractivity contribution in [1.29, 1.82) is 0 Å². The van der Waals surface area contributed by atoms with Gasteiger partial charge in [-0.25, -0.2) is 0 Å². The van der Waals surface area contributed by atoms with Crippen LogP contribution >= 0.6 is 0 Å². The van der Waals surface area contributed by atoms with Crippen molar-refractivity contribution in [2.24, 2.45) is 0 Å². The standard InChI is InChI=1S/C17H20O2/c1-10-5-14(6-11(2)16(10)18)9-15-7-12(3)17(19)13(4)8-15/h5-8,18-19H,9H2,1-4H3/i5+1,6+1,7+1,8+1,10+1,11+1,12+1,13+1,14+1,15+1,16+1,17+1. The zero-order chi connectivity index (χ0) is 14.2. The van der Waals surface area contributed by atoms with Gasteiger partial charge in [-0.1, -0.05) is 24.3 Å². The molecule has 0 heterocycles. The molecule has 2 rings (SSSR count). The van der Waals surface area contributed by atoms with Crippen molar-refractivity contribution in [3.63, 3.8) is 0 Å². The van der Waals surface area contributed by atoms with Crippen LogP contribution in [0.3, 0.4) is 0 Å². The van der Waals surface area contributed by atoms with Crippen LogP contribution in [-0.2, 0) is 6.42 Å². The minimum absolute atomic E-state index is 0.377. The second kappa shape index (κ2) is 4.96. The molecule has 100 valence electrons. The number of hydrogen-bond donors (Lipinski definition) is 2. The van der Waals surface area contributed by atoms with Gasteiger partial charge in [0.2, 0.25) is 0 Å². The molecule has 2 N–H and O–H groups in total. The highest BCUT2D eigenvalue weighted by atomic mass is 16.3. The summed E-state index contributed by atoms with van der Waals surface area (Å²) in [5, 5.41) is 19.6. The van der Waals surface area contributed by atoms with Crippen LogP contribution in [0.25, 0.3) is 0 Å². The first-order valence-corrected chi connectivity index (χ1v) is 6.46. The van der Waals surface area contributed by atoms with Crippen molar-refractivity contribution in [2.45, 2.75) is 34.1 Å². The summed E-state index contributed by atoms with van der Waals surface area (Å²) >= 11 is 0. The Morgan fingerprint density at radius 2 is 0.895 bits per heavy atom. The second-order valence-electron chi connectivity index (χ2n) is 5.33. The second-order valence-corrected chi connectivity index (χ2v) is 5.33. The predicted molar refractivity (Wildman–Crippen MR) is 78.0 cm³/mol. The van der Waals surface area contributed by atoms with Crippen molar-refractivity contribution in [2.75, 3.05) is 0 Å². The van der Waals surface area contributed by atoms with Gasteiger partial charge < -0.3 is 10.2 Å². The quantitative estimate of drug-likeness (QED) is 0.866. The Labute approximate surface area is 114 Å². The third-order valence-corrected chi connectivity index (χ3v) is 3.51. The molecular weight excluding hydrogens is 248 g/mol. The first kappa shape index (κ1) is 13.5. The van der Waals surface area contributed by atoms with E-state index in [1.807, 2.05) is 52.0 Å². The number of phenols is 2. The summed E-state index contributed by atoms with van der Waals surface area (Å²) in [6.07, 6.45) is 0.809. The van der Waals surface area contributed by atoms with Crippen LogP contribution in [0.4, 0.5) is 0 Å². The van der Waals surface area contributed by atoms with Crippen LogP contribution in [-0.4, -0.2) is 10.2 Å².